The van der Waals surface area contributed by atoms with Crippen LogP contribution in [0.15, 0.2) is 48.5 Å². The number of sulfonamides is 1. The fraction of sp³-hybridized carbons (Fsp3) is 0.133. The molecule has 0 aromatic heterocycles. The van der Waals surface area contributed by atoms with Crippen molar-refractivity contribution < 1.29 is 17.9 Å². The van der Waals surface area contributed by atoms with Gasteiger partial charge in [0.05, 0.1) is 13.4 Å². The fourth-order valence-electron chi connectivity index (χ4n) is 1.92. The Labute approximate surface area is 123 Å². The second-order valence-corrected chi connectivity index (χ2v) is 6.23. The lowest BCUT2D eigenvalue weighted by Crippen LogP contribution is -2.29. The standard InChI is InChI=1S/C15H15NO4S/c1-20-14-9-8-12(15(17)16-21(2,18)19)10-13(14)11-6-4-3-5-7-11/h3-10H,1-2H3,(H,16,17). The Morgan fingerprint density at radius 3 is 2.33 bits per heavy atom. The summed E-state index contributed by atoms with van der Waals surface area (Å²) in [5.41, 5.74) is 1.85. The van der Waals surface area contributed by atoms with Crippen molar-refractivity contribution >= 4 is 15.9 Å². The van der Waals surface area contributed by atoms with Gasteiger partial charge in [-0.05, 0) is 23.8 Å². The number of ether oxygens (including phenoxy) is 1. The van der Waals surface area contributed by atoms with Crippen molar-refractivity contribution in [2.45, 2.75) is 0 Å². The number of hydrogen-bond donors (Lipinski definition) is 1. The topological polar surface area (TPSA) is 72.5 Å². The molecule has 6 heteroatoms. The van der Waals surface area contributed by atoms with Crippen LogP contribution >= 0.6 is 0 Å². The molecule has 2 rings (SSSR count). The minimum Gasteiger partial charge on any atom is -0.496 e. The van der Waals surface area contributed by atoms with Gasteiger partial charge in [0.15, 0.2) is 0 Å². The predicted molar refractivity (Wildman–Crippen MR) is 80.7 cm³/mol. The van der Waals surface area contributed by atoms with Crippen molar-refractivity contribution in [3.05, 3.63) is 54.1 Å². The summed E-state index contributed by atoms with van der Waals surface area (Å²) in [7, 11) is -2.06. The summed E-state index contributed by atoms with van der Waals surface area (Å²) in [6.07, 6.45) is 0.937. The maximum absolute atomic E-state index is 11.9. The number of hydrogen-bond acceptors (Lipinski definition) is 4. The molecule has 110 valence electrons. The summed E-state index contributed by atoms with van der Waals surface area (Å²) in [5, 5.41) is 0. The van der Waals surface area contributed by atoms with Crippen LogP contribution in [0.3, 0.4) is 0 Å². The molecule has 0 heterocycles. The molecule has 0 saturated heterocycles. The third-order valence-corrected chi connectivity index (χ3v) is 3.38. The van der Waals surface area contributed by atoms with E-state index in [1.54, 1.807) is 12.1 Å². The molecule has 21 heavy (non-hydrogen) atoms. The molecule has 0 saturated carbocycles. The maximum Gasteiger partial charge on any atom is 0.264 e. The van der Waals surface area contributed by atoms with Gasteiger partial charge in [-0.15, -0.1) is 0 Å². The minimum absolute atomic E-state index is 0.250. The number of carbonyl (C=O) groups is 1. The molecule has 0 aliphatic carbocycles. The molecule has 2 aromatic carbocycles. The van der Waals surface area contributed by atoms with Gasteiger partial charge < -0.3 is 4.74 Å². The molecule has 2 aromatic rings. The number of rotatable bonds is 4. The normalized spacial score (nSPS) is 11.0. The summed E-state index contributed by atoms with van der Waals surface area (Å²) in [4.78, 5) is 11.9. The van der Waals surface area contributed by atoms with Crippen LogP contribution in [-0.2, 0) is 10.0 Å². The number of carbonyl (C=O) groups excluding carboxylic acids is 1. The van der Waals surface area contributed by atoms with Crippen molar-refractivity contribution in [1.82, 2.24) is 4.72 Å². The highest BCUT2D eigenvalue weighted by Gasteiger charge is 2.14. The highest BCUT2D eigenvalue weighted by molar-refractivity contribution is 7.89. The third kappa shape index (κ3) is 3.82. The largest absolute Gasteiger partial charge is 0.496 e. The zero-order valence-corrected chi connectivity index (χ0v) is 12.5. The molecular formula is C15H15NO4S. The van der Waals surface area contributed by atoms with E-state index in [1.807, 2.05) is 35.1 Å². The summed E-state index contributed by atoms with van der Waals surface area (Å²) in [6, 6.07) is 14.2. The molecule has 0 bridgehead atoms. The van der Waals surface area contributed by atoms with Gasteiger partial charge in [0.1, 0.15) is 5.75 Å². The van der Waals surface area contributed by atoms with Gasteiger partial charge in [0, 0.05) is 11.1 Å². The smallest absolute Gasteiger partial charge is 0.264 e. The Bertz CT molecular complexity index is 754. The van der Waals surface area contributed by atoms with Gasteiger partial charge in [-0.3, -0.25) is 4.79 Å². The van der Waals surface area contributed by atoms with E-state index in [4.69, 9.17) is 4.74 Å². The molecule has 5 nitrogen and oxygen atoms in total. The zero-order valence-electron chi connectivity index (χ0n) is 11.7. The molecular weight excluding hydrogens is 290 g/mol. The van der Waals surface area contributed by atoms with Crippen LogP contribution in [-0.4, -0.2) is 27.7 Å². The molecule has 0 fully saturated rings. The number of nitrogens with one attached hydrogen (secondary N) is 1. The van der Waals surface area contributed by atoms with Crippen molar-refractivity contribution in [3.63, 3.8) is 0 Å². The van der Waals surface area contributed by atoms with Gasteiger partial charge in [-0.2, -0.15) is 0 Å². The first-order valence-corrected chi connectivity index (χ1v) is 8.05. The predicted octanol–water partition coefficient (Wildman–Crippen LogP) is 2.05. The first kappa shape index (κ1) is 15.1. The molecule has 1 N–H and O–H groups in total. The average molecular weight is 305 g/mol. The molecule has 0 unspecified atom stereocenters. The Balaban J connectivity index is 2.46. The lowest BCUT2D eigenvalue weighted by Gasteiger charge is -2.11. The lowest BCUT2D eigenvalue weighted by molar-refractivity contribution is 0.0981. The second kappa shape index (κ2) is 5.97. The van der Waals surface area contributed by atoms with Crippen LogP contribution in [0.1, 0.15) is 10.4 Å². The quantitative estimate of drug-likeness (QED) is 0.938. The van der Waals surface area contributed by atoms with E-state index in [9.17, 15) is 13.2 Å². The molecule has 0 aliphatic heterocycles. The summed E-state index contributed by atoms with van der Waals surface area (Å²) in [5.74, 6) is -0.0607. The van der Waals surface area contributed by atoms with Gasteiger partial charge in [0.2, 0.25) is 10.0 Å². The number of methoxy groups -OCH3 is 1. The van der Waals surface area contributed by atoms with Crippen molar-refractivity contribution in [2.75, 3.05) is 13.4 Å². The van der Waals surface area contributed by atoms with E-state index in [0.29, 0.717) is 5.75 Å². The van der Waals surface area contributed by atoms with Gasteiger partial charge in [0.25, 0.3) is 5.91 Å². The van der Waals surface area contributed by atoms with Crippen molar-refractivity contribution in [1.29, 1.82) is 0 Å². The molecule has 0 radical (unpaired) electrons. The molecule has 0 spiro atoms. The average Bonchev–Trinajstić information content (AvgIpc) is 2.45. The van der Waals surface area contributed by atoms with Crippen molar-refractivity contribution in [3.8, 4) is 16.9 Å². The molecule has 0 aliphatic rings. The summed E-state index contributed by atoms with van der Waals surface area (Å²) >= 11 is 0. The van der Waals surface area contributed by atoms with Crippen LogP contribution in [0.25, 0.3) is 11.1 Å². The molecule has 0 atom stereocenters. The Kier molecular flexibility index (Phi) is 4.28. The summed E-state index contributed by atoms with van der Waals surface area (Å²) in [6.45, 7) is 0. The number of amides is 1. The van der Waals surface area contributed by atoms with E-state index in [1.165, 1.54) is 13.2 Å². The summed E-state index contributed by atoms with van der Waals surface area (Å²) < 4.78 is 29.5. The van der Waals surface area contributed by atoms with Crippen LogP contribution in [0.4, 0.5) is 0 Å². The Morgan fingerprint density at radius 1 is 1.10 bits per heavy atom. The van der Waals surface area contributed by atoms with Gasteiger partial charge in [-0.25, -0.2) is 13.1 Å². The van der Waals surface area contributed by atoms with E-state index in [0.717, 1.165) is 17.4 Å². The van der Waals surface area contributed by atoms with E-state index >= 15 is 0 Å². The van der Waals surface area contributed by atoms with Crippen LogP contribution < -0.4 is 9.46 Å². The monoisotopic (exact) mass is 305 g/mol. The van der Waals surface area contributed by atoms with Gasteiger partial charge in [-0.1, -0.05) is 30.3 Å². The van der Waals surface area contributed by atoms with E-state index in [2.05, 4.69) is 0 Å². The van der Waals surface area contributed by atoms with Crippen LogP contribution in [0.2, 0.25) is 0 Å². The fourth-order valence-corrected chi connectivity index (χ4v) is 2.37. The first-order chi connectivity index (χ1) is 9.90. The number of benzene rings is 2. The van der Waals surface area contributed by atoms with Crippen LogP contribution in [0, 0.1) is 0 Å². The molecule has 1 amide bonds. The Morgan fingerprint density at radius 2 is 1.76 bits per heavy atom. The second-order valence-electron chi connectivity index (χ2n) is 4.48. The minimum atomic E-state index is -3.60. The van der Waals surface area contributed by atoms with Gasteiger partial charge >= 0.3 is 0 Å². The van der Waals surface area contributed by atoms with E-state index < -0.39 is 15.9 Å². The van der Waals surface area contributed by atoms with E-state index in [-0.39, 0.29) is 5.56 Å². The highest BCUT2D eigenvalue weighted by Crippen LogP contribution is 2.30. The van der Waals surface area contributed by atoms with Crippen LogP contribution in [0.5, 0.6) is 5.75 Å². The zero-order chi connectivity index (χ0) is 15.5. The highest BCUT2D eigenvalue weighted by atomic mass is 32.2. The maximum atomic E-state index is 11.9. The SMILES string of the molecule is COc1ccc(C(=O)NS(C)(=O)=O)cc1-c1ccccc1. The van der Waals surface area contributed by atoms with Crippen molar-refractivity contribution in [2.24, 2.45) is 0 Å². The Hall–Kier alpha value is -2.34. The third-order valence-electron chi connectivity index (χ3n) is 2.82. The first-order valence-electron chi connectivity index (χ1n) is 6.16. The lowest BCUT2D eigenvalue weighted by atomic mass is 10.0.